The molecule has 14 heteroatoms. The number of benzene rings is 2. The van der Waals surface area contributed by atoms with Crippen molar-refractivity contribution in [1.82, 2.24) is 25.6 Å². The summed E-state index contributed by atoms with van der Waals surface area (Å²) in [7, 11) is -2.36. The van der Waals surface area contributed by atoms with E-state index in [1.54, 1.807) is 35.1 Å². The summed E-state index contributed by atoms with van der Waals surface area (Å²) in [6.45, 7) is 6.05. The average molecular weight is 738 g/mol. The van der Waals surface area contributed by atoms with Gasteiger partial charge in [-0.15, -0.1) is 0 Å². The highest BCUT2D eigenvalue weighted by Crippen LogP contribution is 2.25. The molecule has 0 radical (unpaired) electrons. The van der Waals surface area contributed by atoms with Crippen LogP contribution in [0.1, 0.15) is 76.3 Å². The zero-order valence-corrected chi connectivity index (χ0v) is 31.2. The molecule has 3 N–H and O–H groups in total. The number of piperidine rings is 1. The molecule has 3 heterocycles. The van der Waals surface area contributed by atoms with Crippen molar-refractivity contribution in [2.24, 2.45) is 5.92 Å². The Morgan fingerprint density at radius 1 is 0.885 bits per heavy atom. The molecule has 0 spiro atoms. The molecule has 2 saturated heterocycles. The molecule has 2 unspecified atom stereocenters. The van der Waals surface area contributed by atoms with Gasteiger partial charge < -0.3 is 25.7 Å². The van der Waals surface area contributed by atoms with Crippen LogP contribution in [-0.4, -0.2) is 86.1 Å². The van der Waals surface area contributed by atoms with Crippen LogP contribution in [0.4, 0.5) is 0 Å². The number of unbranched alkanes of at least 4 members (excludes halogenated alkanes) is 2. The van der Waals surface area contributed by atoms with Crippen LogP contribution in [0.15, 0.2) is 59.6 Å². The van der Waals surface area contributed by atoms with E-state index in [2.05, 4.69) is 16.0 Å². The highest BCUT2D eigenvalue weighted by atomic mass is 32.2. The lowest BCUT2D eigenvalue weighted by Gasteiger charge is -2.39. The van der Waals surface area contributed by atoms with Crippen LogP contribution in [0.5, 0.6) is 0 Å². The standard InChI is InChI=1S/C38H51N5O8S/c1-5-26(3)34-38(47)42-21-11-10-16-33(42)37(46)39-30(14-7-6-12-22-51-52(48,49)28-19-17-25(2)18-20-28)35(44)40-31(36(45)41-34)23-27-24-43(50-4)32-15-9-8-13-29(27)32/h8-9,13,15,17-20,24,26,30-31,33-34H,5-7,10-12,14,16,21-23H2,1-4H3,(H,39,46)(H,40,44)(H,41,45)/t26?,30-,31?,33+,34-/m0/s1. The van der Waals surface area contributed by atoms with Gasteiger partial charge in [0.25, 0.3) is 10.1 Å². The molecule has 2 fully saturated rings. The molecular formula is C38H51N5O8S. The molecule has 282 valence electrons. The molecule has 5 rings (SSSR count). The van der Waals surface area contributed by atoms with Crippen molar-refractivity contribution in [3.8, 4) is 0 Å². The maximum Gasteiger partial charge on any atom is 0.296 e. The summed E-state index contributed by atoms with van der Waals surface area (Å²) in [4.78, 5) is 63.4. The van der Waals surface area contributed by atoms with Crippen LogP contribution in [0.3, 0.4) is 0 Å². The van der Waals surface area contributed by atoms with Gasteiger partial charge in [-0.2, -0.15) is 13.1 Å². The average Bonchev–Trinajstić information content (AvgIpc) is 3.50. The van der Waals surface area contributed by atoms with E-state index in [0.29, 0.717) is 38.6 Å². The van der Waals surface area contributed by atoms with Gasteiger partial charge in [-0.05, 0) is 68.7 Å². The number of amides is 4. The van der Waals surface area contributed by atoms with Gasteiger partial charge >= 0.3 is 0 Å². The molecular weight excluding hydrogens is 687 g/mol. The third-order valence-corrected chi connectivity index (χ3v) is 11.5. The third kappa shape index (κ3) is 9.13. The maximum atomic E-state index is 14.1. The Morgan fingerprint density at radius 3 is 2.33 bits per heavy atom. The highest BCUT2D eigenvalue weighted by molar-refractivity contribution is 7.86. The van der Waals surface area contributed by atoms with Gasteiger partial charge in [0.05, 0.1) is 17.0 Å². The van der Waals surface area contributed by atoms with Crippen molar-refractivity contribution < 1.29 is 36.6 Å². The van der Waals surface area contributed by atoms with Crippen molar-refractivity contribution in [3.05, 3.63) is 65.9 Å². The molecule has 13 nitrogen and oxygen atoms in total. The monoisotopic (exact) mass is 737 g/mol. The Bertz CT molecular complexity index is 1840. The normalized spacial score (nSPS) is 22.4. The number of hydrogen-bond acceptors (Lipinski definition) is 8. The summed E-state index contributed by atoms with van der Waals surface area (Å²) in [5.41, 5.74) is 2.49. The quantitative estimate of drug-likeness (QED) is 0.178. The molecule has 1 aromatic heterocycles. The smallest absolute Gasteiger partial charge is 0.296 e. The molecule has 2 aliphatic rings. The predicted octanol–water partition coefficient (Wildman–Crippen LogP) is 3.41. The van der Waals surface area contributed by atoms with E-state index in [0.717, 1.165) is 34.9 Å². The van der Waals surface area contributed by atoms with Crippen molar-refractivity contribution in [2.45, 2.75) is 108 Å². The molecule has 2 aromatic carbocycles. The van der Waals surface area contributed by atoms with Crippen molar-refractivity contribution >= 4 is 44.6 Å². The van der Waals surface area contributed by atoms with Gasteiger partial charge in [0.1, 0.15) is 31.3 Å². The molecule has 0 saturated carbocycles. The van der Waals surface area contributed by atoms with E-state index in [4.69, 9.17) is 9.02 Å². The van der Waals surface area contributed by atoms with Crippen molar-refractivity contribution in [2.75, 3.05) is 20.3 Å². The first kappa shape index (κ1) is 38.8. The number of hydrogen-bond donors (Lipinski definition) is 3. The number of rotatable bonds is 13. The summed E-state index contributed by atoms with van der Waals surface area (Å²) >= 11 is 0. The zero-order valence-electron chi connectivity index (χ0n) is 30.4. The first-order chi connectivity index (χ1) is 24.9. The fraction of sp³-hybridized carbons (Fsp3) is 0.526. The topological polar surface area (TPSA) is 165 Å². The zero-order chi connectivity index (χ0) is 37.4. The number of carbonyl (C=O) groups excluding carboxylic acids is 4. The molecule has 3 aromatic rings. The van der Waals surface area contributed by atoms with Gasteiger partial charge in [-0.25, -0.2) is 0 Å². The number of aryl methyl sites for hydroxylation is 1. The summed E-state index contributed by atoms with van der Waals surface area (Å²) in [6, 6.07) is 10.3. The largest absolute Gasteiger partial charge is 0.417 e. The van der Waals surface area contributed by atoms with Crippen LogP contribution in [-0.2, 0) is 39.9 Å². The number of carbonyl (C=O) groups is 4. The van der Waals surface area contributed by atoms with E-state index < -0.39 is 52.0 Å². The number of aromatic nitrogens is 1. The number of para-hydroxylation sites is 1. The minimum Gasteiger partial charge on any atom is -0.417 e. The van der Waals surface area contributed by atoms with Crippen LogP contribution in [0.2, 0.25) is 0 Å². The van der Waals surface area contributed by atoms with Gasteiger partial charge in [0.15, 0.2) is 0 Å². The summed E-state index contributed by atoms with van der Waals surface area (Å²) < 4.78 is 32.0. The van der Waals surface area contributed by atoms with E-state index in [1.807, 2.05) is 45.0 Å². The lowest BCUT2D eigenvalue weighted by Crippen LogP contribution is -2.64. The Labute approximate surface area is 305 Å². The van der Waals surface area contributed by atoms with Crippen LogP contribution >= 0.6 is 0 Å². The summed E-state index contributed by atoms with van der Waals surface area (Å²) in [5, 5.41) is 9.65. The predicted molar refractivity (Wildman–Crippen MR) is 196 cm³/mol. The van der Waals surface area contributed by atoms with Gasteiger partial charge in [0, 0.05) is 24.5 Å². The lowest BCUT2D eigenvalue weighted by atomic mass is 9.93. The molecule has 52 heavy (non-hydrogen) atoms. The van der Waals surface area contributed by atoms with E-state index >= 15 is 0 Å². The maximum absolute atomic E-state index is 14.1. The highest BCUT2D eigenvalue weighted by Gasteiger charge is 2.41. The first-order valence-corrected chi connectivity index (χ1v) is 19.7. The van der Waals surface area contributed by atoms with Crippen molar-refractivity contribution in [1.29, 1.82) is 0 Å². The number of nitrogens with zero attached hydrogens (tertiary/aromatic N) is 2. The Kier molecular flexibility index (Phi) is 13.0. The fourth-order valence-corrected chi connectivity index (χ4v) is 7.87. The van der Waals surface area contributed by atoms with Crippen molar-refractivity contribution in [3.63, 3.8) is 0 Å². The van der Waals surface area contributed by atoms with E-state index in [-0.39, 0.29) is 36.2 Å². The molecule has 0 aliphatic carbocycles. The van der Waals surface area contributed by atoms with Gasteiger partial charge in [-0.3, -0.25) is 23.4 Å². The van der Waals surface area contributed by atoms with Gasteiger partial charge in [0.2, 0.25) is 23.6 Å². The van der Waals surface area contributed by atoms with Crippen LogP contribution in [0, 0.1) is 12.8 Å². The Balaban J connectivity index is 1.36. The van der Waals surface area contributed by atoms with Crippen LogP contribution < -0.4 is 20.8 Å². The second-order valence-electron chi connectivity index (χ2n) is 13.9. The molecule has 0 bridgehead atoms. The third-order valence-electron chi connectivity index (χ3n) is 10.2. The Hall–Kier alpha value is -4.43. The molecule has 5 atom stereocenters. The number of fused-ring (bicyclic) bond motifs is 2. The van der Waals surface area contributed by atoms with E-state index in [9.17, 15) is 27.6 Å². The first-order valence-electron chi connectivity index (χ1n) is 18.2. The molecule has 2 aliphatic heterocycles. The SMILES string of the molecule is CCC(C)[C@@H]1NC(=O)C(Cc2cn(OC)c3ccccc23)NC(=O)[C@H](CCCCCOS(=O)(=O)c2ccc(C)cc2)NC(=O)[C@H]2CCCCN2C1=O. The lowest BCUT2D eigenvalue weighted by molar-refractivity contribution is -0.147. The molecule has 4 amide bonds. The minimum atomic E-state index is -3.90. The van der Waals surface area contributed by atoms with E-state index in [1.165, 1.54) is 12.1 Å². The second-order valence-corrected chi connectivity index (χ2v) is 15.5. The summed E-state index contributed by atoms with van der Waals surface area (Å²) in [6.07, 6.45) is 6.06. The fourth-order valence-electron chi connectivity index (χ4n) is 6.92. The second kappa shape index (κ2) is 17.4. The number of nitrogens with one attached hydrogen (secondary N) is 3. The van der Waals surface area contributed by atoms with Crippen LogP contribution in [0.25, 0.3) is 10.9 Å². The minimum absolute atomic E-state index is 0.0345. The summed E-state index contributed by atoms with van der Waals surface area (Å²) in [5.74, 6) is -1.94. The Morgan fingerprint density at radius 2 is 1.60 bits per heavy atom. The van der Waals surface area contributed by atoms with Gasteiger partial charge in [-0.1, -0.05) is 69.0 Å².